The lowest BCUT2D eigenvalue weighted by Gasteiger charge is -2.19. The summed E-state index contributed by atoms with van der Waals surface area (Å²) in [5.74, 6) is 0.256. The standard InChI is InChI=1S/C21H24ClN3O2/c1-15(2)16-7-9-18(10-8-16)25-12-11-24(21(25)27)14-20(26)23-13-17-5-3-4-6-19(17)22/h3-10,15H,11-14H2,1-2H3,(H,23,26). The zero-order valence-corrected chi connectivity index (χ0v) is 16.4. The molecule has 0 atom stereocenters. The molecular weight excluding hydrogens is 362 g/mol. The van der Waals surface area contributed by atoms with Crippen LogP contribution in [0, 0.1) is 0 Å². The molecule has 1 aliphatic heterocycles. The van der Waals surface area contributed by atoms with Crippen LogP contribution >= 0.6 is 11.6 Å². The minimum atomic E-state index is -0.194. The van der Waals surface area contributed by atoms with E-state index >= 15 is 0 Å². The summed E-state index contributed by atoms with van der Waals surface area (Å²) >= 11 is 6.10. The van der Waals surface area contributed by atoms with Crippen molar-refractivity contribution in [2.24, 2.45) is 0 Å². The molecule has 3 amide bonds. The van der Waals surface area contributed by atoms with Crippen molar-refractivity contribution in [2.45, 2.75) is 26.3 Å². The summed E-state index contributed by atoms with van der Waals surface area (Å²) in [6, 6.07) is 15.3. The van der Waals surface area contributed by atoms with Crippen LogP contribution in [-0.2, 0) is 11.3 Å². The van der Waals surface area contributed by atoms with Gasteiger partial charge in [-0.15, -0.1) is 0 Å². The van der Waals surface area contributed by atoms with E-state index in [1.165, 1.54) is 5.56 Å². The van der Waals surface area contributed by atoms with Crippen molar-refractivity contribution in [3.63, 3.8) is 0 Å². The third-order valence-corrected chi connectivity index (χ3v) is 5.10. The van der Waals surface area contributed by atoms with Gasteiger partial charge < -0.3 is 10.2 Å². The van der Waals surface area contributed by atoms with Crippen LogP contribution in [0.3, 0.4) is 0 Å². The Labute approximate surface area is 164 Å². The second kappa shape index (κ2) is 8.44. The van der Waals surface area contributed by atoms with Crippen molar-refractivity contribution >= 4 is 29.2 Å². The first-order valence-electron chi connectivity index (χ1n) is 9.12. The Kier molecular flexibility index (Phi) is 6.01. The molecule has 6 heteroatoms. The van der Waals surface area contributed by atoms with Gasteiger partial charge in [-0.05, 0) is 35.2 Å². The van der Waals surface area contributed by atoms with Gasteiger partial charge in [-0.3, -0.25) is 9.69 Å². The summed E-state index contributed by atoms with van der Waals surface area (Å²) in [5.41, 5.74) is 2.96. The van der Waals surface area contributed by atoms with E-state index < -0.39 is 0 Å². The molecule has 1 fully saturated rings. The fraction of sp³-hybridized carbons (Fsp3) is 0.333. The molecule has 1 saturated heterocycles. The van der Waals surface area contributed by atoms with E-state index in [9.17, 15) is 9.59 Å². The second-order valence-corrected chi connectivity index (χ2v) is 7.38. The van der Waals surface area contributed by atoms with E-state index in [0.717, 1.165) is 11.3 Å². The minimum absolute atomic E-state index is 0.0455. The molecule has 27 heavy (non-hydrogen) atoms. The summed E-state index contributed by atoms with van der Waals surface area (Å²) in [4.78, 5) is 28.1. The number of anilines is 1. The van der Waals surface area contributed by atoms with Gasteiger partial charge in [0.05, 0.1) is 0 Å². The van der Waals surface area contributed by atoms with Crippen molar-refractivity contribution in [1.82, 2.24) is 10.2 Å². The smallest absolute Gasteiger partial charge is 0.325 e. The van der Waals surface area contributed by atoms with E-state index in [2.05, 4.69) is 19.2 Å². The predicted molar refractivity (Wildman–Crippen MR) is 108 cm³/mol. The fourth-order valence-corrected chi connectivity index (χ4v) is 3.28. The van der Waals surface area contributed by atoms with Crippen LogP contribution in [0.1, 0.15) is 30.9 Å². The number of rotatable bonds is 6. The number of hydrogen-bond acceptors (Lipinski definition) is 2. The molecule has 1 N–H and O–H groups in total. The van der Waals surface area contributed by atoms with E-state index in [1.54, 1.807) is 15.9 Å². The predicted octanol–water partition coefficient (Wildman–Crippen LogP) is 4.02. The quantitative estimate of drug-likeness (QED) is 0.816. The molecule has 3 rings (SSSR count). The Morgan fingerprint density at radius 1 is 1.11 bits per heavy atom. The van der Waals surface area contributed by atoms with Crippen LogP contribution < -0.4 is 10.2 Å². The number of nitrogens with zero attached hydrogens (tertiary/aromatic N) is 2. The zero-order valence-electron chi connectivity index (χ0n) is 15.6. The van der Waals surface area contributed by atoms with Gasteiger partial charge in [0.2, 0.25) is 5.91 Å². The first-order valence-corrected chi connectivity index (χ1v) is 9.50. The molecule has 2 aromatic carbocycles. The molecule has 1 heterocycles. The SMILES string of the molecule is CC(C)c1ccc(N2CCN(CC(=O)NCc3ccccc3Cl)C2=O)cc1. The average molecular weight is 386 g/mol. The van der Waals surface area contributed by atoms with E-state index in [-0.39, 0.29) is 18.5 Å². The van der Waals surface area contributed by atoms with Crippen LogP contribution in [-0.4, -0.2) is 36.5 Å². The maximum absolute atomic E-state index is 12.6. The van der Waals surface area contributed by atoms with Gasteiger partial charge in [-0.2, -0.15) is 0 Å². The summed E-state index contributed by atoms with van der Waals surface area (Å²) in [6.07, 6.45) is 0. The maximum Gasteiger partial charge on any atom is 0.325 e. The summed E-state index contributed by atoms with van der Waals surface area (Å²) in [7, 11) is 0. The van der Waals surface area contributed by atoms with Crippen molar-refractivity contribution < 1.29 is 9.59 Å². The Morgan fingerprint density at radius 2 is 1.81 bits per heavy atom. The van der Waals surface area contributed by atoms with Gasteiger partial charge in [0.15, 0.2) is 0 Å². The average Bonchev–Trinajstić information content (AvgIpc) is 3.01. The normalized spacial score (nSPS) is 14.1. The van der Waals surface area contributed by atoms with E-state index in [1.807, 2.05) is 42.5 Å². The number of nitrogens with one attached hydrogen (secondary N) is 1. The van der Waals surface area contributed by atoms with Crippen molar-refractivity contribution in [2.75, 3.05) is 24.5 Å². The van der Waals surface area contributed by atoms with Crippen LogP contribution in [0.4, 0.5) is 10.5 Å². The number of halogens is 1. The number of carbonyl (C=O) groups is 2. The van der Waals surface area contributed by atoms with Crippen LogP contribution in [0.5, 0.6) is 0 Å². The van der Waals surface area contributed by atoms with Gasteiger partial charge in [0.1, 0.15) is 6.54 Å². The highest BCUT2D eigenvalue weighted by atomic mass is 35.5. The highest BCUT2D eigenvalue weighted by Crippen LogP contribution is 2.23. The van der Waals surface area contributed by atoms with Crippen LogP contribution in [0.25, 0.3) is 0 Å². The molecule has 2 aromatic rings. The number of urea groups is 1. The van der Waals surface area contributed by atoms with Crippen LogP contribution in [0.15, 0.2) is 48.5 Å². The van der Waals surface area contributed by atoms with Gasteiger partial charge in [0, 0.05) is 30.3 Å². The highest BCUT2D eigenvalue weighted by molar-refractivity contribution is 6.31. The zero-order chi connectivity index (χ0) is 19.4. The lowest BCUT2D eigenvalue weighted by Crippen LogP contribution is -2.39. The molecule has 0 aliphatic carbocycles. The van der Waals surface area contributed by atoms with Crippen molar-refractivity contribution in [1.29, 1.82) is 0 Å². The molecule has 5 nitrogen and oxygen atoms in total. The largest absolute Gasteiger partial charge is 0.350 e. The first kappa shape index (κ1) is 19.2. The fourth-order valence-electron chi connectivity index (χ4n) is 3.07. The number of carbonyl (C=O) groups excluding carboxylic acids is 2. The Bertz CT molecular complexity index is 820. The molecular formula is C21H24ClN3O2. The summed E-state index contributed by atoms with van der Waals surface area (Å²) in [5, 5.41) is 3.44. The Morgan fingerprint density at radius 3 is 2.48 bits per heavy atom. The lowest BCUT2D eigenvalue weighted by molar-refractivity contribution is -0.121. The maximum atomic E-state index is 12.6. The third-order valence-electron chi connectivity index (χ3n) is 4.73. The highest BCUT2D eigenvalue weighted by Gasteiger charge is 2.30. The van der Waals surface area contributed by atoms with E-state index in [4.69, 9.17) is 11.6 Å². The number of amides is 3. The number of benzene rings is 2. The monoisotopic (exact) mass is 385 g/mol. The van der Waals surface area contributed by atoms with E-state index in [0.29, 0.717) is 30.6 Å². The Hall–Kier alpha value is -2.53. The summed E-state index contributed by atoms with van der Waals surface area (Å²) in [6.45, 7) is 5.78. The molecule has 0 radical (unpaired) electrons. The molecule has 142 valence electrons. The second-order valence-electron chi connectivity index (χ2n) is 6.97. The molecule has 0 saturated carbocycles. The minimum Gasteiger partial charge on any atom is -0.350 e. The van der Waals surface area contributed by atoms with Gasteiger partial charge >= 0.3 is 6.03 Å². The van der Waals surface area contributed by atoms with Gasteiger partial charge in [-0.1, -0.05) is 55.8 Å². The molecule has 0 aromatic heterocycles. The van der Waals surface area contributed by atoms with Crippen LogP contribution in [0.2, 0.25) is 5.02 Å². The molecule has 0 unspecified atom stereocenters. The topological polar surface area (TPSA) is 52.6 Å². The molecule has 0 spiro atoms. The first-order chi connectivity index (χ1) is 13.0. The lowest BCUT2D eigenvalue weighted by atomic mass is 10.0. The number of hydrogen-bond donors (Lipinski definition) is 1. The molecule has 0 bridgehead atoms. The van der Waals surface area contributed by atoms with Gasteiger partial charge in [0.25, 0.3) is 0 Å². The van der Waals surface area contributed by atoms with Gasteiger partial charge in [-0.25, -0.2) is 4.79 Å². The third kappa shape index (κ3) is 4.61. The van der Waals surface area contributed by atoms with Crippen molar-refractivity contribution in [3.8, 4) is 0 Å². The molecule has 1 aliphatic rings. The Balaban J connectivity index is 1.55. The van der Waals surface area contributed by atoms with Crippen molar-refractivity contribution in [3.05, 3.63) is 64.7 Å². The summed E-state index contributed by atoms with van der Waals surface area (Å²) < 4.78 is 0.